The van der Waals surface area contributed by atoms with E-state index in [4.69, 9.17) is 16.0 Å². The number of nitrogens with zero attached hydrogens (tertiary/aromatic N) is 2. The Morgan fingerprint density at radius 3 is 2.77 bits per heavy atom. The minimum atomic E-state index is -0.216. The zero-order chi connectivity index (χ0) is 18.3. The maximum atomic E-state index is 12.4. The molecule has 7 heteroatoms. The second-order valence-corrected chi connectivity index (χ2v) is 7.83. The summed E-state index contributed by atoms with van der Waals surface area (Å²) in [7, 11) is 1.74. The van der Waals surface area contributed by atoms with Crippen LogP contribution in [0.1, 0.15) is 43.9 Å². The van der Waals surface area contributed by atoms with Crippen molar-refractivity contribution in [2.45, 2.75) is 44.1 Å². The number of halogens is 1. The Balaban J connectivity index is 1.33. The summed E-state index contributed by atoms with van der Waals surface area (Å²) in [6.07, 6.45) is 3.96. The predicted octanol–water partition coefficient (Wildman–Crippen LogP) is 3.10. The van der Waals surface area contributed by atoms with Crippen molar-refractivity contribution in [2.24, 2.45) is 5.92 Å². The van der Waals surface area contributed by atoms with Crippen molar-refractivity contribution < 1.29 is 14.0 Å². The number of nitrogens with one attached hydrogen (secondary N) is 1. The molecule has 2 amide bonds. The highest BCUT2D eigenvalue weighted by atomic mass is 35.5. The van der Waals surface area contributed by atoms with Crippen molar-refractivity contribution in [1.82, 2.24) is 15.2 Å². The summed E-state index contributed by atoms with van der Waals surface area (Å²) in [5.41, 5.74) is 1.55. The fraction of sp³-hybridized carbons (Fsp3) is 0.526. The summed E-state index contributed by atoms with van der Waals surface area (Å²) in [5, 5.41) is 3.77. The van der Waals surface area contributed by atoms with Crippen molar-refractivity contribution >= 4 is 34.5 Å². The largest absolute Gasteiger partial charge is 0.440 e. The van der Waals surface area contributed by atoms with Gasteiger partial charge in [-0.15, -0.1) is 0 Å². The highest BCUT2D eigenvalue weighted by Gasteiger charge is 2.34. The van der Waals surface area contributed by atoms with E-state index in [0.29, 0.717) is 18.0 Å². The Bertz CT molecular complexity index is 842. The molecule has 138 valence electrons. The van der Waals surface area contributed by atoms with Gasteiger partial charge in [0.2, 0.25) is 11.8 Å². The van der Waals surface area contributed by atoms with Gasteiger partial charge in [0.15, 0.2) is 11.5 Å². The predicted molar refractivity (Wildman–Crippen MR) is 97.9 cm³/mol. The van der Waals surface area contributed by atoms with Crippen molar-refractivity contribution in [1.29, 1.82) is 0 Å². The number of hydrogen-bond acceptors (Lipinski definition) is 4. The lowest BCUT2D eigenvalue weighted by molar-refractivity contribution is -0.128. The van der Waals surface area contributed by atoms with Crippen molar-refractivity contribution in [3.8, 4) is 0 Å². The summed E-state index contributed by atoms with van der Waals surface area (Å²) < 4.78 is 5.88. The molecule has 1 saturated heterocycles. The van der Waals surface area contributed by atoms with Gasteiger partial charge in [-0.3, -0.25) is 9.59 Å². The van der Waals surface area contributed by atoms with Gasteiger partial charge in [0, 0.05) is 37.0 Å². The molecular weight excluding hydrogens is 354 g/mol. The topological polar surface area (TPSA) is 75.4 Å². The molecule has 6 nitrogen and oxygen atoms in total. The first-order valence-electron chi connectivity index (χ1n) is 9.10. The molecule has 1 saturated carbocycles. The Kier molecular flexibility index (Phi) is 4.61. The Morgan fingerprint density at radius 2 is 2.08 bits per heavy atom. The van der Waals surface area contributed by atoms with Crippen molar-refractivity contribution in [3.05, 3.63) is 29.1 Å². The molecule has 2 fully saturated rings. The van der Waals surface area contributed by atoms with E-state index in [0.717, 1.165) is 42.7 Å². The van der Waals surface area contributed by atoms with Crippen LogP contribution in [-0.2, 0) is 9.59 Å². The lowest BCUT2D eigenvalue weighted by Gasteiger charge is -2.28. The summed E-state index contributed by atoms with van der Waals surface area (Å²) in [6, 6.07) is 5.63. The highest BCUT2D eigenvalue weighted by Crippen LogP contribution is 2.34. The van der Waals surface area contributed by atoms with Crippen LogP contribution in [0.25, 0.3) is 11.1 Å². The third kappa shape index (κ3) is 3.43. The van der Waals surface area contributed by atoms with Crippen LogP contribution in [0.5, 0.6) is 0 Å². The van der Waals surface area contributed by atoms with Crippen LogP contribution in [-0.4, -0.2) is 41.3 Å². The number of benzene rings is 1. The average molecular weight is 376 g/mol. The van der Waals surface area contributed by atoms with E-state index in [-0.39, 0.29) is 29.7 Å². The standard InChI is InChI=1S/C19H22ClN3O3/c1-23-10-12(8-17(23)24)18(25)21-14-5-2-11(3-6-14)19-22-15-9-13(20)4-7-16(15)26-19/h4,7,9,11-12,14H,2-3,5-6,8,10H2,1H3,(H,21,25)/t11?,12-,14?/m0/s1. The number of amides is 2. The minimum Gasteiger partial charge on any atom is -0.440 e. The normalized spacial score (nSPS) is 26.5. The van der Waals surface area contributed by atoms with Gasteiger partial charge in [0.05, 0.1) is 5.92 Å². The number of oxazole rings is 1. The smallest absolute Gasteiger partial charge is 0.225 e. The van der Waals surface area contributed by atoms with Crippen molar-refractivity contribution in [2.75, 3.05) is 13.6 Å². The molecule has 2 aromatic rings. The molecule has 2 aliphatic rings. The molecule has 4 rings (SSSR count). The third-order valence-corrected chi connectivity index (χ3v) is 5.74. The van der Waals surface area contributed by atoms with E-state index in [1.54, 1.807) is 18.0 Å². The summed E-state index contributed by atoms with van der Waals surface area (Å²) >= 11 is 6.01. The molecule has 0 bridgehead atoms. The van der Waals surface area contributed by atoms with Crippen LogP contribution >= 0.6 is 11.6 Å². The molecule has 1 aromatic carbocycles. The number of hydrogen-bond donors (Lipinski definition) is 1. The maximum Gasteiger partial charge on any atom is 0.225 e. The minimum absolute atomic E-state index is 0.00246. The van der Waals surface area contributed by atoms with Crippen LogP contribution in [0, 0.1) is 5.92 Å². The fourth-order valence-corrected chi connectivity index (χ4v) is 4.10. The number of aromatic nitrogens is 1. The number of fused-ring (bicyclic) bond motifs is 1. The zero-order valence-electron chi connectivity index (χ0n) is 14.7. The fourth-order valence-electron chi connectivity index (χ4n) is 3.94. The summed E-state index contributed by atoms with van der Waals surface area (Å²) in [5.74, 6) is 0.864. The lowest BCUT2D eigenvalue weighted by atomic mass is 9.85. The molecule has 1 aromatic heterocycles. The van der Waals surface area contributed by atoms with Crippen LogP contribution in [0.15, 0.2) is 22.6 Å². The van der Waals surface area contributed by atoms with E-state index in [9.17, 15) is 9.59 Å². The van der Waals surface area contributed by atoms with E-state index in [1.165, 1.54) is 0 Å². The lowest BCUT2D eigenvalue weighted by Crippen LogP contribution is -2.41. The van der Waals surface area contributed by atoms with Crippen LogP contribution in [0.3, 0.4) is 0 Å². The van der Waals surface area contributed by atoms with Gasteiger partial charge < -0.3 is 14.6 Å². The van der Waals surface area contributed by atoms with Crippen molar-refractivity contribution in [3.63, 3.8) is 0 Å². The van der Waals surface area contributed by atoms with Gasteiger partial charge in [0.1, 0.15) is 5.52 Å². The molecule has 2 heterocycles. The quantitative estimate of drug-likeness (QED) is 0.894. The molecule has 0 radical (unpaired) electrons. The second-order valence-electron chi connectivity index (χ2n) is 7.40. The number of carbonyl (C=O) groups excluding carboxylic acids is 2. The molecule has 1 N–H and O–H groups in total. The number of likely N-dealkylation sites (tertiary alicyclic amines) is 1. The van der Waals surface area contributed by atoms with Gasteiger partial charge in [-0.25, -0.2) is 4.98 Å². The van der Waals surface area contributed by atoms with E-state index in [2.05, 4.69) is 10.3 Å². The van der Waals surface area contributed by atoms with E-state index < -0.39 is 0 Å². The Morgan fingerprint density at radius 1 is 1.31 bits per heavy atom. The zero-order valence-corrected chi connectivity index (χ0v) is 15.5. The average Bonchev–Trinajstić information content (AvgIpc) is 3.19. The first kappa shape index (κ1) is 17.3. The van der Waals surface area contributed by atoms with Crippen LogP contribution in [0.4, 0.5) is 0 Å². The molecule has 0 unspecified atom stereocenters. The first-order chi connectivity index (χ1) is 12.5. The first-order valence-corrected chi connectivity index (χ1v) is 9.47. The monoisotopic (exact) mass is 375 g/mol. The summed E-state index contributed by atoms with van der Waals surface area (Å²) in [4.78, 5) is 30.2. The number of carbonyl (C=O) groups is 2. The van der Waals surface area contributed by atoms with E-state index >= 15 is 0 Å². The molecule has 1 aliphatic heterocycles. The highest BCUT2D eigenvalue weighted by molar-refractivity contribution is 6.31. The van der Waals surface area contributed by atoms with Gasteiger partial charge in [-0.2, -0.15) is 0 Å². The molecule has 1 aliphatic carbocycles. The molecule has 0 spiro atoms. The van der Waals surface area contributed by atoms with Gasteiger partial charge >= 0.3 is 0 Å². The summed E-state index contributed by atoms with van der Waals surface area (Å²) in [6.45, 7) is 0.519. The molecular formula is C19H22ClN3O3. The van der Waals surface area contributed by atoms with Gasteiger partial charge in [-0.1, -0.05) is 11.6 Å². The maximum absolute atomic E-state index is 12.4. The molecule has 1 atom stereocenters. The SMILES string of the molecule is CN1C[C@@H](C(=O)NC2CCC(c3nc4cc(Cl)ccc4o3)CC2)CC1=O. The third-order valence-electron chi connectivity index (χ3n) is 5.50. The van der Waals surface area contributed by atoms with Crippen LogP contribution in [0.2, 0.25) is 5.02 Å². The van der Waals surface area contributed by atoms with Crippen LogP contribution < -0.4 is 5.32 Å². The Labute approximate surface area is 156 Å². The molecule has 26 heavy (non-hydrogen) atoms. The Hall–Kier alpha value is -2.08. The van der Waals surface area contributed by atoms with Gasteiger partial charge in [-0.05, 0) is 43.9 Å². The van der Waals surface area contributed by atoms with Gasteiger partial charge in [0.25, 0.3) is 0 Å². The van der Waals surface area contributed by atoms with E-state index in [1.807, 2.05) is 12.1 Å². The number of rotatable bonds is 3. The second kappa shape index (κ2) is 6.91.